The third-order valence-electron chi connectivity index (χ3n) is 2.80. The van der Waals surface area contributed by atoms with Crippen molar-refractivity contribution in [3.05, 3.63) is 22.7 Å². The number of carbonyl (C=O) groups is 1. The molecule has 1 aromatic rings. The van der Waals surface area contributed by atoms with Crippen LogP contribution in [-0.2, 0) is 23.7 Å². The zero-order chi connectivity index (χ0) is 16.6. The van der Waals surface area contributed by atoms with Gasteiger partial charge in [-0.3, -0.25) is 4.79 Å². The standard InChI is InChI=1S/C11H13Cl2NO5S2/c1-6-4-8(21(13,18)19)5-9(12)10(6)14-11(15)7(2)20(3,16)17/h4-5,7H,1-3H3,(H,14,15). The molecule has 0 saturated heterocycles. The molecule has 0 aliphatic rings. The van der Waals surface area contributed by atoms with Crippen LogP contribution in [0.2, 0.25) is 5.02 Å². The Kier molecular flexibility index (Phi) is 5.31. The van der Waals surface area contributed by atoms with E-state index in [2.05, 4.69) is 5.32 Å². The number of amides is 1. The van der Waals surface area contributed by atoms with Crippen LogP contribution in [-0.4, -0.2) is 34.2 Å². The number of rotatable bonds is 4. The van der Waals surface area contributed by atoms with E-state index in [1.807, 2.05) is 0 Å². The van der Waals surface area contributed by atoms with Crippen LogP contribution in [0.4, 0.5) is 5.69 Å². The third kappa shape index (κ3) is 4.57. The fourth-order valence-corrected chi connectivity index (χ4v) is 3.10. The molecule has 0 aliphatic heterocycles. The van der Waals surface area contributed by atoms with E-state index in [4.69, 9.17) is 22.3 Å². The minimum atomic E-state index is -3.95. The summed E-state index contributed by atoms with van der Waals surface area (Å²) in [6.07, 6.45) is 0.939. The predicted molar refractivity (Wildman–Crippen MR) is 82.2 cm³/mol. The number of benzene rings is 1. The van der Waals surface area contributed by atoms with Crippen LogP contribution in [0.1, 0.15) is 12.5 Å². The second kappa shape index (κ2) is 6.12. The van der Waals surface area contributed by atoms with Crippen molar-refractivity contribution in [1.82, 2.24) is 0 Å². The van der Waals surface area contributed by atoms with E-state index >= 15 is 0 Å². The number of anilines is 1. The van der Waals surface area contributed by atoms with E-state index in [9.17, 15) is 21.6 Å². The van der Waals surface area contributed by atoms with Gasteiger partial charge in [0, 0.05) is 16.9 Å². The minimum absolute atomic E-state index is 0.0525. The van der Waals surface area contributed by atoms with Crippen LogP contribution in [0.3, 0.4) is 0 Å². The minimum Gasteiger partial charge on any atom is -0.323 e. The largest absolute Gasteiger partial charge is 0.323 e. The van der Waals surface area contributed by atoms with E-state index < -0.39 is 30.0 Å². The Bertz CT molecular complexity index is 764. The van der Waals surface area contributed by atoms with Crippen molar-refractivity contribution in [2.75, 3.05) is 11.6 Å². The van der Waals surface area contributed by atoms with E-state index in [1.54, 1.807) is 0 Å². The Balaban J connectivity index is 3.20. The van der Waals surface area contributed by atoms with Gasteiger partial charge < -0.3 is 5.32 Å². The molecule has 10 heteroatoms. The van der Waals surface area contributed by atoms with Crippen molar-refractivity contribution < 1.29 is 21.6 Å². The van der Waals surface area contributed by atoms with Crippen molar-refractivity contribution in [3.63, 3.8) is 0 Å². The Hall–Kier alpha value is -0.830. The van der Waals surface area contributed by atoms with Gasteiger partial charge in [0.15, 0.2) is 9.84 Å². The highest BCUT2D eigenvalue weighted by molar-refractivity contribution is 8.13. The second-order valence-electron chi connectivity index (χ2n) is 4.50. The molecule has 21 heavy (non-hydrogen) atoms. The monoisotopic (exact) mass is 373 g/mol. The van der Waals surface area contributed by atoms with E-state index in [0.29, 0.717) is 5.56 Å². The van der Waals surface area contributed by atoms with Crippen LogP contribution >= 0.6 is 22.3 Å². The van der Waals surface area contributed by atoms with Gasteiger partial charge in [-0.1, -0.05) is 11.6 Å². The fraction of sp³-hybridized carbons (Fsp3) is 0.364. The zero-order valence-corrected chi connectivity index (χ0v) is 14.5. The second-order valence-corrected chi connectivity index (χ2v) is 9.84. The predicted octanol–water partition coefficient (Wildman–Crippen LogP) is 1.95. The fourth-order valence-electron chi connectivity index (χ4n) is 1.43. The molecule has 0 saturated carbocycles. The molecule has 118 valence electrons. The number of nitrogens with one attached hydrogen (secondary N) is 1. The normalized spacial score (nSPS) is 13.8. The van der Waals surface area contributed by atoms with Gasteiger partial charge in [-0.15, -0.1) is 0 Å². The summed E-state index contributed by atoms with van der Waals surface area (Å²) in [6.45, 7) is 2.75. The molecule has 1 unspecified atom stereocenters. The Morgan fingerprint density at radius 2 is 1.76 bits per heavy atom. The molecule has 1 aromatic carbocycles. The molecule has 0 spiro atoms. The van der Waals surface area contributed by atoms with Crippen molar-refractivity contribution >= 4 is 52.8 Å². The first kappa shape index (κ1) is 18.2. The lowest BCUT2D eigenvalue weighted by atomic mass is 10.2. The molecule has 1 amide bonds. The van der Waals surface area contributed by atoms with Gasteiger partial charge in [0.1, 0.15) is 5.25 Å². The topological polar surface area (TPSA) is 97.4 Å². The first-order chi connectivity index (χ1) is 9.34. The summed E-state index contributed by atoms with van der Waals surface area (Å²) in [4.78, 5) is 11.6. The molecule has 6 nitrogen and oxygen atoms in total. The van der Waals surface area contributed by atoms with Gasteiger partial charge in [-0.25, -0.2) is 16.8 Å². The Morgan fingerprint density at radius 1 is 1.24 bits per heavy atom. The summed E-state index contributed by atoms with van der Waals surface area (Å²) in [5, 5.41) is 1.06. The Morgan fingerprint density at radius 3 is 2.14 bits per heavy atom. The van der Waals surface area contributed by atoms with Gasteiger partial charge in [0.05, 0.1) is 15.6 Å². The van der Waals surface area contributed by atoms with Crippen LogP contribution in [0.15, 0.2) is 17.0 Å². The highest BCUT2D eigenvalue weighted by Crippen LogP contribution is 2.31. The summed E-state index contributed by atoms with van der Waals surface area (Å²) in [6, 6.07) is 2.31. The summed E-state index contributed by atoms with van der Waals surface area (Å²) in [5.41, 5.74) is 0.483. The maximum absolute atomic E-state index is 11.9. The summed E-state index contributed by atoms with van der Waals surface area (Å²) in [7, 11) is -2.29. The average molecular weight is 374 g/mol. The lowest BCUT2D eigenvalue weighted by Crippen LogP contribution is -2.32. The molecule has 1 atom stereocenters. The molecule has 0 aromatic heterocycles. The highest BCUT2D eigenvalue weighted by atomic mass is 35.7. The molecular formula is C11H13Cl2NO5S2. The molecule has 0 radical (unpaired) electrons. The molecule has 0 fully saturated rings. The number of aryl methyl sites for hydroxylation is 1. The molecule has 1 rings (SSSR count). The Labute approximate surface area is 132 Å². The molecule has 1 N–H and O–H groups in total. The van der Waals surface area contributed by atoms with E-state index in [1.165, 1.54) is 19.9 Å². The van der Waals surface area contributed by atoms with Gasteiger partial charge in [0.2, 0.25) is 5.91 Å². The van der Waals surface area contributed by atoms with Crippen LogP contribution < -0.4 is 5.32 Å². The van der Waals surface area contributed by atoms with Gasteiger partial charge in [-0.05, 0) is 31.5 Å². The molecule has 0 bridgehead atoms. The van der Waals surface area contributed by atoms with Crippen molar-refractivity contribution in [2.24, 2.45) is 0 Å². The van der Waals surface area contributed by atoms with E-state index in [0.717, 1.165) is 12.3 Å². The van der Waals surface area contributed by atoms with E-state index in [-0.39, 0.29) is 15.6 Å². The summed E-state index contributed by atoms with van der Waals surface area (Å²) in [5.74, 6) is -0.760. The third-order valence-corrected chi connectivity index (χ3v) is 5.93. The summed E-state index contributed by atoms with van der Waals surface area (Å²) >= 11 is 5.92. The first-order valence-electron chi connectivity index (χ1n) is 5.58. The molecule has 0 aliphatic carbocycles. The average Bonchev–Trinajstić information content (AvgIpc) is 2.29. The van der Waals surface area contributed by atoms with Crippen molar-refractivity contribution in [1.29, 1.82) is 0 Å². The van der Waals surface area contributed by atoms with Crippen LogP contribution in [0.5, 0.6) is 0 Å². The number of sulfone groups is 1. The highest BCUT2D eigenvalue weighted by Gasteiger charge is 2.25. The lowest BCUT2D eigenvalue weighted by molar-refractivity contribution is -0.115. The van der Waals surface area contributed by atoms with Crippen LogP contribution in [0, 0.1) is 6.92 Å². The zero-order valence-electron chi connectivity index (χ0n) is 11.3. The van der Waals surface area contributed by atoms with Gasteiger partial charge in [0.25, 0.3) is 9.05 Å². The maximum Gasteiger partial charge on any atom is 0.261 e. The summed E-state index contributed by atoms with van der Waals surface area (Å²) < 4.78 is 45.2. The SMILES string of the molecule is Cc1cc(S(=O)(=O)Cl)cc(Cl)c1NC(=O)C(C)S(C)(=O)=O. The maximum atomic E-state index is 11.9. The number of carbonyl (C=O) groups excluding carboxylic acids is 1. The van der Waals surface area contributed by atoms with Crippen LogP contribution in [0.25, 0.3) is 0 Å². The van der Waals surface area contributed by atoms with Crippen molar-refractivity contribution in [2.45, 2.75) is 24.0 Å². The number of hydrogen-bond donors (Lipinski definition) is 1. The molecular weight excluding hydrogens is 361 g/mol. The number of hydrogen-bond acceptors (Lipinski definition) is 5. The number of halogens is 2. The quantitative estimate of drug-likeness (QED) is 0.813. The first-order valence-corrected chi connectivity index (χ1v) is 10.2. The van der Waals surface area contributed by atoms with Crippen molar-refractivity contribution in [3.8, 4) is 0 Å². The molecule has 0 heterocycles. The van der Waals surface area contributed by atoms with Gasteiger partial charge in [-0.2, -0.15) is 0 Å². The smallest absolute Gasteiger partial charge is 0.261 e. The lowest BCUT2D eigenvalue weighted by Gasteiger charge is -2.14. The van der Waals surface area contributed by atoms with Gasteiger partial charge >= 0.3 is 0 Å².